The van der Waals surface area contributed by atoms with Gasteiger partial charge >= 0.3 is 0 Å². The number of aromatic hydroxyl groups is 1. The van der Waals surface area contributed by atoms with Gasteiger partial charge in [0.15, 0.2) is 5.76 Å². The van der Waals surface area contributed by atoms with Gasteiger partial charge in [0.2, 0.25) is 17.1 Å². The number of aromatic nitrogens is 1. The number of piperidine rings is 1. The van der Waals surface area contributed by atoms with Gasteiger partial charge in [0, 0.05) is 24.6 Å². The molecule has 8 heteroatoms. The predicted molar refractivity (Wildman–Crippen MR) is 123 cm³/mol. The molecule has 4 heterocycles. The average Bonchev–Trinajstić information content (AvgIpc) is 3.24. The van der Waals surface area contributed by atoms with Gasteiger partial charge in [-0.15, -0.1) is 0 Å². The van der Waals surface area contributed by atoms with Gasteiger partial charge in [-0.05, 0) is 49.4 Å². The summed E-state index contributed by atoms with van der Waals surface area (Å²) < 4.78 is 7.71. The number of rotatable bonds is 6. The number of hydrogen-bond donors (Lipinski definition) is 2. The van der Waals surface area contributed by atoms with Gasteiger partial charge in [-0.2, -0.15) is 0 Å². The van der Waals surface area contributed by atoms with Crippen LogP contribution in [-0.4, -0.2) is 33.6 Å². The molecule has 3 aromatic rings. The SMILES string of the molecule is NC(=O)C[C@H](c1oc(CN2CCCCC2)cc(=O)c1O)c1cc2cccc3c2n(c1=O)CC3. The number of primary amides is 1. The van der Waals surface area contributed by atoms with Crippen LogP contribution in [-0.2, 0) is 24.3 Å². The van der Waals surface area contributed by atoms with Crippen LogP contribution in [0.5, 0.6) is 5.75 Å². The second kappa shape index (κ2) is 8.51. The zero-order valence-corrected chi connectivity index (χ0v) is 18.4. The summed E-state index contributed by atoms with van der Waals surface area (Å²) in [4.78, 5) is 40.3. The van der Waals surface area contributed by atoms with Gasteiger partial charge in [0.05, 0.1) is 18.0 Å². The van der Waals surface area contributed by atoms with E-state index >= 15 is 0 Å². The lowest BCUT2D eigenvalue weighted by Gasteiger charge is -2.26. The number of nitrogens with zero attached hydrogens (tertiary/aromatic N) is 2. The Hall–Kier alpha value is -3.39. The molecule has 5 rings (SSSR count). The van der Waals surface area contributed by atoms with Crippen molar-refractivity contribution in [2.75, 3.05) is 13.1 Å². The van der Waals surface area contributed by atoms with E-state index in [1.165, 1.54) is 12.5 Å². The number of carbonyl (C=O) groups is 1. The third-order valence-corrected chi connectivity index (χ3v) is 6.75. The van der Waals surface area contributed by atoms with Gasteiger partial charge in [-0.1, -0.05) is 24.6 Å². The first kappa shape index (κ1) is 21.5. The Balaban J connectivity index is 1.64. The van der Waals surface area contributed by atoms with Crippen molar-refractivity contribution in [3.63, 3.8) is 0 Å². The van der Waals surface area contributed by atoms with Crippen LogP contribution >= 0.6 is 0 Å². The first-order valence-electron chi connectivity index (χ1n) is 11.4. The maximum Gasteiger partial charge on any atom is 0.255 e. The minimum Gasteiger partial charge on any atom is -0.502 e. The van der Waals surface area contributed by atoms with Crippen molar-refractivity contribution in [2.24, 2.45) is 5.73 Å². The number of benzene rings is 1. The molecule has 0 unspecified atom stereocenters. The van der Waals surface area contributed by atoms with Crippen LogP contribution in [0.25, 0.3) is 10.9 Å². The molecule has 2 aliphatic heterocycles. The number of amides is 1. The molecule has 8 nitrogen and oxygen atoms in total. The van der Waals surface area contributed by atoms with E-state index < -0.39 is 23.0 Å². The fourth-order valence-electron chi connectivity index (χ4n) is 5.19. The zero-order valence-electron chi connectivity index (χ0n) is 18.4. The van der Waals surface area contributed by atoms with Crippen molar-refractivity contribution in [1.29, 1.82) is 0 Å². The summed E-state index contributed by atoms with van der Waals surface area (Å²) in [5.74, 6) is -1.87. The third kappa shape index (κ3) is 3.95. The lowest BCUT2D eigenvalue weighted by molar-refractivity contribution is -0.118. The van der Waals surface area contributed by atoms with Crippen LogP contribution < -0.4 is 16.7 Å². The average molecular weight is 450 g/mol. The highest BCUT2D eigenvalue weighted by molar-refractivity contribution is 5.84. The van der Waals surface area contributed by atoms with E-state index in [1.54, 1.807) is 10.6 Å². The summed E-state index contributed by atoms with van der Waals surface area (Å²) in [7, 11) is 0. The standard InChI is InChI=1S/C25H27N3O5/c26-21(30)13-18(19-11-16-6-4-5-15-7-10-28(22(15)16)25(19)32)24-23(31)20(29)12-17(33-24)14-27-8-2-1-3-9-27/h4-6,11-12,18,31H,1-3,7-10,13-14H2,(H2,26,30)/t18-/m0/s1. The summed E-state index contributed by atoms with van der Waals surface area (Å²) in [6, 6.07) is 8.86. The van der Waals surface area contributed by atoms with Crippen LogP contribution in [0.4, 0.5) is 0 Å². The summed E-state index contributed by atoms with van der Waals surface area (Å²) >= 11 is 0. The van der Waals surface area contributed by atoms with Crippen molar-refractivity contribution in [3.8, 4) is 5.75 Å². The highest BCUT2D eigenvalue weighted by Crippen LogP contribution is 2.34. The van der Waals surface area contributed by atoms with Crippen LogP contribution in [0.15, 0.2) is 44.3 Å². The summed E-state index contributed by atoms with van der Waals surface area (Å²) in [6.45, 7) is 2.78. The summed E-state index contributed by atoms with van der Waals surface area (Å²) in [5, 5.41) is 11.5. The van der Waals surface area contributed by atoms with Gasteiger partial charge in [0.1, 0.15) is 5.76 Å². The minimum atomic E-state index is -0.957. The number of aryl methyl sites for hydroxylation is 2. The molecule has 33 heavy (non-hydrogen) atoms. The zero-order chi connectivity index (χ0) is 23.1. The Kier molecular flexibility index (Phi) is 5.54. The monoisotopic (exact) mass is 449 g/mol. The van der Waals surface area contributed by atoms with Gasteiger partial charge < -0.3 is 19.8 Å². The smallest absolute Gasteiger partial charge is 0.255 e. The molecule has 1 amide bonds. The third-order valence-electron chi connectivity index (χ3n) is 6.75. The van der Waals surface area contributed by atoms with Crippen LogP contribution in [0.3, 0.4) is 0 Å². The van der Waals surface area contributed by atoms with E-state index in [2.05, 4.69) is 4.90 Å². The molecule has 3 N–H and O–H groups in total. The Morgan fingerprint density at radius 1 is 1.12 bits per heavy atom. The molecular formula is C25H27N3O5. The summed E-state index contributed by atoms with van der Waals surface area (Å²) in [5.41, 5.74) is 6.94. The summed E-state index contributed by atoms with van der Waals surface area (Å²) in [6.07, 6.45) is 3.83. The lowest BCUT2D eigenvalue weighted by Crippen LogP contribution is -2.30. The quantitative estimate of drug-likeness (QED) is 0.596. The van der Waals surface area contributed by atoms with E-state index in [1.807, 2.05) is 18.2 Å². The van der Waals surface area contributed by atoms with E-state index in [-0.39, 0.29) is 23.3 Å². The van der Waals surface area contributed by atoms with Crippen LogP contribution in [0.1, 0.15) is 54.2 Å². The molecule has 0 aliphatic carbocycles. The number of para-hydroxylation sites is 1. The lowest BCUT2D eigenvalue weighted by atomic mass is 9.91. The molecule has 172 valence electrons. The maximum atomic E-state index is 13.4. The van der Waals surface area contributed by atoms with Crippen molar-refractivity contribution in [1.82, 2.24) is 9.47 Å². The second-order valence-electron chi connectivity index (χ2n) is 9.01. The van der Waals surface area contributed by atoms with E-state index in [9.17, 15) is 19.5 Å². The van der Waals surface area contributed by atoms with E-state index in [0.29, 0.717) is 18.8 Å². The fraction of sp³-hybridized carbons (Fsp3) is 0.400. The van der Waals surface area contributed by atoms with Crippen LogP contribution in [0, 0.1) is 0 Å². The van der Waals surface area contributed by atoms with Crippen molar-refractivity contribution in [2.45, 2.75) is 51.1 Å². The molecule has 0 saturated carbocycles. The van der Waals surface area contributed by atoms with E-state index in [0.717, 1.165) is 48.8 Å². The number of hydrogen-bond acceptors (Lipinski definition) is 6. The molecule has 1 fully saturated rings. The number of carbonyl (C=O) groups excluding carboxylic acids is 1. The van der Waals surface area contributed by atoms with Gasteiger partial charge in [0.25, 0.3) is 5.56 Å². The predicted octanol–water partition coefficient (Wildman–Crippen LogP) is 2.21. The molecule has 1 saturated heterocycles. The van der Waals surface area contributed by atoms with Crippen LogP contribution in [0.2, 0.25) is 0 Å². The number of likely N-dealkylation sites (tertiary alicyclic amines) is 1. The van der Waals surface area contributed by atoms with Crippen molar-refractivity contribution < 1.29 is 14.3 Å². The topological polar surface area (TPSA) is 119 Å². The molecule has 0 spiro atoms. The van der Waals surface area contributed by atoms with Gasteiger partial charge in [-0.25, -0.2) is 0 Å². The first-order valence-corrected chi connectivity index (χ1v) is 11.4. The highest BCUT2D eigenvalue weighted by Gasteiger charge is 2.30. The molecule has 0 bridgehead atoms. The number of nitrogens with two attached hydrogens (primary N) is 1. The minimum absolute atomic E-state index is 0.0771. The molecule has 2 aromatic heterocycles. The number of pyridine rings is 1. The second-order valence-corrected chi connectivity index (χ2v) is 9.01. The molecular weight excluding hydrogens is 422 g/mol. The molecule has 2 aliphatic rings. The highest BCUT2D eigenvalue weighted by atomic mass is 16.4. The fourth-order valence-corrected chi connectivity index (χ4v) is 5.19. The van der Waals surface area contributed by atoms with Crippen molar-refractivity contribution in [3.05, 3.63) is 73.6 Å². The Morgan fingerprint density at radius 2 is 1.91 bits per heavy atom. The Labute approximate surface area is 190 Å². The molecule has 0 radical (unpaired) electrons. The first-order chi connectivity index (χ1) is 15.9. The Bertz CT molecular complexity index is 1350. The normalized spacial score (nSPS) is 16.8. The van der Waals surface area contributed by atoms with E-state index in [4.69, 9.17) is 10.2 Å². The van der Waals surface area contributed by atoms with Gasteiger partial charge in [-0.3, -0.25) is 19.3 Å². The maximum absolute atomic E-state index is 13.4. The molecule has 1 aromatic carbocycles. The Morgan fingerprint density at radius 3 is 2.67 bits per heavy atom. The largest absolute Gasteiger partial charge is 0.502 e. The molecule has 1 atom stereocenters. The van der Waals surface area contributed by atoms with Crippen molar-refractivity contribution >= 4 is 16.8 Å².